The molecule has 1 amide bonds. The number of anilines is 1. The van der Waals surface area contributed by atoms with E-state index in [9.17, 15) is 13.2 Å². The zero-order valence-corrected chi connectivity index (χ0v) is 20.6. The summed E-state index contributed by atoms with van der Waals surface area (Å²) in [4.78, 5) is 13.2. The van der Waals surface area contributed by atoms with Gasteiger partial charge in [0.1, 0.15) is 18.0 Å². The lowest BCUT2D eigenvalue weighted by molar-refractivity contribution is -0.120. The molecule has 180 valence electrons. The van der Waals surface area contributed by atoms with E-state index in [4.69, 9.17) is 9.47 Å². The fourth-order valence-electron chi connectivity index (χ4n) is 3.60. The third-order valence-electron chi connectivity index (χ3n) is 5.51. The molecule has 0 heterocycles. The van der Waals surface area contributed by atoms with Crippen molar-refractivity contribution in [1.29, 1.82) is 0 Å². The van der Waals surface area contributed by atoms with Gasteiger partial charge in [-0.25, -0.2) is 8.42 Å². The largest absolute Gasteiger partial charge is 0.497 e. The maximum absolute atomic E-state index is 13.6. The number of nitrogens with zero attached hydrogens (tertiary/aromatic N) is 1. The molecule has 0 fully saturated rings. The smallest absolute Gasteiger partial charge is 0.264 e. The zero-order valence-electron chi connectivity index (χ0n) is 19.8. The molecule has 1 unspecified atom stereocenters. The third-order valence-corrected chi connectivity index (χ3v) is 7.29. The van der Waals surface area contributed by atoms with Gasteiger partial charge in [-0.15, -0.1) is 0 Å². The number of ether oxygens (including phenoxy) is 2. The summed E-state index contributed by atoms with van der Waals surface area (Å²) in [6.07, 6.45) is 0.636. The molecule has 7 nitrogen and oxygen atoms in total. The predicted octanol–water partition coefficient (Wildman–Crippen LogP) is 4.48. The van der Waals surface area contributed by atoms with Crippen molar-refractivity contribution < 1.29 is 22.7 Å². The van der Waals surface area contributed by atoms with Gasteiger partial charge < -0.3 is 14.8 Å². The van der Waals surface area contributed by atoms with E-state index in [1.807, 2.05) is 38.1 Å². The highest BCUT2D eigenvalue weighted by Gasteiger charge is 2.30. The molecule has 0 radical (unpaired) electrons. The van der Waals surface area contributed by atoms with Gasteiger partial charge in [0.2, 0.25) is 5.91 Å². The first-order chi connectivity index (χ1) is 16.3. The van der Waals surface area contributed by atoms with E-state index in [2.05, 4.69) is 5.32 Å². The van der Waals surface area contributed by atoms with Gasteiger partial charge in [0.05, 0.1) is 30.8 Å². The van der Waals surface area contributed by atoms with Crippen LogP contribution in [0.15, 0.2) is 77.7 Å². The maximum Gasteiger partial charge on any atom is 0.264 e. The SMILES string of the molecule is CCC(NC(=O)CN(c1ccccc1OC)S(=O)(=O)c1ccc(C)cc1)c1ccc(OC)cc1. The maximum atomic E-state index is 13.6. The Morgan fingerprint density at radius 3 is 2.18 bits per heavy atom. The van der Waals surface area contributed by atoms with Crippen molar-refractivity contribution in [3.8, 4) is 11.5 Å². The molecule has 0 aliphatic carbocycles. The Kier molecular flexibility index (Phi) is 8.17. The van der Waals surface area contributed by atoms with Gasteiger partial charge in [-0.3, -0.25) is 9.10 Å². The molecule has 0 aromatic heterocycles. The topological polar surface area (TPSA) is 84.9 Å². The van der Waals surface area contributed by atoms with Crippen LogP contribution in [-0.4, -0.2) is 35.1 Å². The van der Waals surface area contributed by atoms with Crippen LogP contribution in [0.4, 0.5) is 5.69 Å². The van der Waals surface area contributed by atoms with Crippen LogP contribution in [0.3, 0.4) is 0 Å². The lowest BCUT2D eigenvalue weighted by atomic mass is 10.0. The molecule has 8 heteroatoms. The van der Waals surface area contributed by atoms with Crippen LogP contribution in [-0.2, 0) is 14.8 Å². The fraction of sp³-hybridized carbons (Fsp3) is 0.269. The van der Waals surface area contributed by atoms with Crippen LogP contribution in [0.1, 0.15) is 30.5 Å². The van der Waals surface area contributed by atoms with Crippen molar-refractivity contribution in [3.05, 3.63) is 83.9 Å². The molecule has 0 spiro atoms. The number of para-hydroxylation sites is 2. The van der Waals surface area contributed by atoms with Gasteiger partial charge in [0.15, 0.2) is 0 Å². The molecular weight excluding hydrogens is 452 g/mol. The normalized spacial score (nSPS) is 12.0. The minimum Gasteiger partial charge on any atom is -0.497 e. The Bertz CT molecular complexity index is 1210. The Labute approximate surface area is 201 Å². The van der Waals surface area contributed by atoms with E-state index in [0.717, 1.165) is 21.2 Å². The summed E-state index contributed by atoms with van der Waals surface area (Å²) >= 11 is 0. The molecule has 3 aromatic carbocycles. The third kappa shape index (κ3) is 5.69. The van der Waals surface area contributed by atoms with E-state index in [-0.39, 0.29) is 10.9 Å². The number of nitrogens with one attached hydrogen (secondary N) is 1. The number of hydrogen-bond acceptors (Lipinski definition) is 5. The van der Waals surface area contributed by atoms with Crippen LogP contribution >= 0.6 is 0 Å². The lowest BCUT2D eigenvalue weighted by Crippen LogP contribution is -2.42. The average Bonchev–Trinajstić information content (AvgIpc) is 2.86. The van der Waals surface area contributed by atoms with Crippen molar-refractivity contribution >= 4 is 21.6 Å². The summed E-state index contributed by atoms with van der Waals surface area (Å²) in [5.74, 6) is 0.647. The van der Waals surface area contributed by atoms with E-state index in [1.165, 1.54) is 19.2 Å². The summed E-state index contributed by atoms with van der Waals surface area (Å²) in [5.41, 5.74) is 2.13. The van der Waals surface area contributed by atoms with Crippen molar-refractivity contribution in [1.82, 2.24) is 5.32 Å². The number of carbonyl (C=O) groups is 1. The van der Waals surface area contributed by atoms with Gasteiger partial charge >= 0.3 is 0 Å². The van der Waals surface area contributed by atoms with Gasteiger partial charge in [-0.2, -0.15) is 0 Å². The number of sulfonamides is 1. The minimum absolute atomic E-state index is 0.0963. The molecule has 34 heavy (non-hydrogen) atoms. The van der Waals surface area contributed by atoms with E-state index >= 15 is 0 Å². The van der Waals surface area contributed by atoms with Crippen LogP contribution in [0.5, 0.6) is 11.5 Å². The molecule has 0 bridgehead atoms. The highest BCUT2D eigenvalue weighted by molar-refractivity contribution is 7.92. The molecular formula is C26H30N2O5S. The highest BCUT2D eigenvalue weighted by atomic mass is 32.2. The predicted molar refractivity (Wildman–Crippen MR) is 133 cm³/mol. The molecule has 0 aliphatic rings. The first-order valence-corrected chi connectivity index (χ1v) is 12.4. The highest BCUT2D eigenvalue weighted by Crippen LogP contribution is 2.32. The average molecular weight is 483 g/mol. The van der Waals surface area contributed by atoms with E-state index < -0.39 is 22.5 Å². The van der Waals surface area contributed by atoms with Gasteiger partial charge in [-0.05, 0) is 55.3 Å². The van der Waals surface area contributed by atoms with E-state index in [1.54, 1.807) is 43.5 Å². The van der Waals surface area contributed by atoms with Crippen LogP contribution in [0.25, 0.3) is 0 Å². The monoisotopic (exact) mass is 482 g/mol. The van der Waals surface area contributed by atoms with Gasteiger partial charge in [0.25, 0.3) is 10.0 Å². The van der Waals surface area contributed by atoms with Crippen LogP contribution < -0.4 is 19.1 Å². The summed E-state index contributed by atoms with van der Waals surface area (Å²) in [7, 11) is -0.982. The van der Waals surface area contributed by atoms with Gasteiger partial charge in [0, 0.05) is 0 Å². The molecule has 3 rings (SSSR count). The van der Waals surface area contributed by atoms with Crippen molar-refractivity contribution in [2.24, 2.45) is 0 Å². The summed E-state index contributed by atoms with van der Waals surface area (Å²) < 4.78 is 38.9. The number of methoxy groups -OCH3 is 2. The minimum atomic E-state index is -4.04. The fourth-order valence-corrected chi connectivity index (χ4v) is 5.03. The second-order valence-electron chi connectivity index (χ2n) is 7.80. The van der Waals surface area contributed by atoms with E-state index in [0.29, 0.717) is 17.9 Å². The number of benzene rings is 3. The summed E-state index contributed by atoms with van der Waals surface area (Å²) in [6, 6.07) is 20.4. The second kappa shape index (κ2) is 11.1. The Morgan fingerprint density at radius 1 is 0.941 bits per heavy atom. The quantitative estimate of drug-likeness (QED) is 0.461. The first kappa shape index (κ1) is 25.1. The van der Waals surface area contributed by atoms with Crippen molar-refractivity contribution in [2.75, 3.05) is 25.1 Å². The first-order valence-electron chi connectivity index (χ1n) is 11.0. The number of rotatable bonds is 10. The zero-order chi connectivity index (χ0) is 24.7. The molecule has 0 saturated carbocycles. The van der Waals surface area contributed by atoms with Gasteiger partial charge in [-0.1, -0.05) is 48.9 Å². The number of aryl methyl sites for hydroxylation is 1. The standard InChI is InChI=1S/C26H30N2O5S/c1-5-23(20-12-14-21(32-3)15-13-20)27-26(29)18-28(24-8-6-7-9-25(24)33-4)34(30,31)22-16-10-19(2)11-17-22/h6-17,23H,5,18H2,1-4H3,(H,27,29). The molecule has 0 saturated heterocycles. The van der Waals surface area contributed by atoms with Crippen LogP contribution in [0, 0.1) is 6.92 Å². The second-order valence-corrected chi connectivity index (χ2v) is 9.66. The Balaban J connectivity index is 1.93. The molecule has 1 atom stereocenters. The molecule has 0 aliphatic heterocycles. The van der Waals surface area contributed by atoms with Crippen LogP contribution in [0.2, 0.25) is 0 Å². The number of carbonyl (C=O) groups excluding carboxylic acids is 1. The van der Waals surface area contributed by atoms with Crippen molar-refractivity contribution in [3.63, 3.8) is 0 Å². The number of amides is 1. The number of hydrogen-bond donors (Lipinski definition) is 1. The van der Waals surface area contributed by atoms with Crippen molar-refractivity contribution in [2.45, 2.75) is 31.2 Å². The molecule has 3 aromatic rings. The Morgan fingerprint density at radius 2 is 1.59 bits per heavy atom. The Hall–Kier alpha value is -3.52. The summed E-state index contributed by atoms with van der Waals surface area (Å²) in [6.45, 7) is 3.44. The molecule has 1 N–H and O–H groups in total. The lowest BCUT2D eigenvalue weighted by Gasteiger charge is -2.27. The summed E-state index contributed by atoms with van der Waals surface area (Å²) in [5, 5.41) is 2.96.